The van der Waals surface area contributed by atoms with Gasteiger partial charge in [0.1, 0.15) is 5.84 Å². The van der Waals surface area contributed by atoms with E-state index in [9.17, 15) is 0 Å². The Morgan fingerprint density at radius 3 is 2.13 bits per heavy atom. The van der Waals surface area contributed by atoms with Gasteiger partial charge in [0.15, 0.2) is 5.11 Å². The van der Waals surface area contributed by atoms with Gasteiger partial charge in [0.2, 0.25) is 0 Å². The van der Waals surface area contributed by atoms with Crippen molar-refractivity contribution in [2.75, 3.05) is 0 Å². The minimum absolute atomic E-state index is 0.0250. The number of hydrogen-bond donors (Lipinski definition) is 3. The second-order valence-corrected chi connectivity index (χ2v) is 4.65. The first-order valence-corrected chi connectivity index (χ1v) is 7.34. The summed E-state index contributed by atoms with van der Waals surface area (Å²) in [5, 5.41) is 7.19. The van der Waals surface area contributed by atoms with Crippen molar-refractivity contribution in [2.45, 2.75) is 20.8 Å². The molecule has 0 bridgehead atoms. The van der Waals surface area contributed by atoms with Crippen LogP contribution in [0, 0.1) is 5.41 Å². The van der Waals surface area contributed by atoms with Crippen molar-refractivity contribution in [3.05, 3.63) is 72.9 Å². The van der Waals surface area contributed by atoms with Gasteiger partial charge in [0, 0.05) is 11.3 Å². The van der Waals surface area contributed by atoms with Crippen molar-refractivity contribution in [1.82, 2.24) is 0 Å². The molecule has 0 aliphatic rings. The Morgan fingerprint density at radius 1 is 1.13 bits per heavy atom. The molecule has 0 spiro atoms. The van der Waals surface area contributed by atoms with Gasteiger partial charge in [-0.2, -0.15) is 0 Å². The van der Waals surface area contributed by atoms with Crippen LogP contribution >= 0.6 is 12.2 Å². The summed E-state index contributed by atoms with van der Waals surface area (Å²) < 4.78 is 0. The van der Waals surface area contributed by atoms with E-state index in [-0.39, 0.29) is 5.11 Å². The van der Waals surface area contributed by atoms with Gasteiger partial charge in [0.05, 0.1) is 0 Å². The summed E-state index contributed by atoms with van der Waals surface area (Å²) in [6.45, 7) is 12.8. The first-order valence-electron chi connectivity index (χ1n) is 6.93. The van der Waals surface area contributed by atoms with Crippen molar-refractivity contribution in [1.29, 1.82) is 5.41 Å². The molecule has 5 heteroatoms. The second kappa shape index (κ2) is 14.4. The summed E-state index contributed by atoms with van der Waals surface area (Å²) in [4.78, 5) is 3.75. The van der Waals surface area contributed by atoms with Gasteiger partial charge in [0.25, 0.3) is 0 Å². The fraction of sp³-hybridized carbons (Fsp3) is 0.167. The predicted molar refractivity (Wildman–Crippen MR) is 108 cm³/mol. The van der Waals surface area contributed by atoms with Crippen LogP contribution in [0.4, 0.5) is 0 Å². The van der Waals surface area contributed by atoms with Crippen molar-refractivity contribution in [2.24, 2.45) is 16.5 Å². The molecule has 0 aromatic heterocycles. The van der Waals surface area contributed by atoms with Crippen LogP contribution in [0.3, 0.4) is 0 Å². The zero-order chi connectivity index (χ0) is 18.3. The Bertz CT molecular complexity index is 576. The van der Waals surface area contributed by atoms with Crippen LogP contribution in [0.1, 0.15) is 20.8 Å². The van der Waals surface area contributed by atoms with Crippen LogP contribution in [0.5, 0.6) is 0 Å². The number of nitrogens with one attached hydrogen (secondary N) is 1. The number of thiocarbonyl (C=S) groups is 1. The van der Waals surface area contributed by atoms with Crippen LogP contribution < -0.4 is 11.5 Å². The largest absolute Gasteiger partial charge is 0.383 e. The lowest BCUT2D eigenvalue weighted by molar-refractivity contribution is 1.47. The maximum Gasteiger partial charge on any atom is 0.192 e. The van der Waals surface area contributed by atoms with E-state index < -0.39 is 0 Å². The van der Waals surface area contributed by atoms with Crippen molar-refractivity contribution in [3.8, 4) is 0 Å². The number of nitrogens with two attached hydrogens (primary N) is 2. The molecule has 0 aliphatic heterocycles. The number of nitrogens with zero attached hydrogens (tertiary/aromatic N) is 1. The topological polar surface area (TPSA) is 88.2 Å². The number of hydrogen-bond acceptors (Lipinski definition) is 2. The van der Waals surface area contributed by atoms with Gasteiger partial charge in [-0.15, -0.1) is 0 Å². The molecule has 124 valence electrons. The smallest absolute Gasteiger partial charge is 0.192 e. The van der Waals surface area contributed by atoms with Gasteiger partial charge in [-0.1, -0.05) is 61.8 Å². The van der Waals surface area contributed by atoms with Gasteiger partial charge >= 0.3 is 0 Å². The fourth-order valence-corrected chi connectivity index (χ4v) is 1.22. The third-order valence-corrected chi connectivity index (χ3v) is 2.34. The highest BCUT2D eigenvalue weighted by Gasteiger charge is 1.96. The van der Waals surface area contributed by atoms with Crippen LogP contribution in [0.2, 0.25) is 0 Å². The lowest BCUT2D eigenvalue weighted by atomic mass is 10.2. The molecule has 0 unspecified atom stereocenters. The molecule has 0 heterocycles. The van der Waals surface area contributed by atoms with E-state index in [0.717, 1.165) is 11.1 Å². The first-order chi connectivity index (χ1) is 10.8. The summed E-state index contributed by atoms with van der Waals surface area (Å²) in [7, 11) is 0. The monoisotopic (exact) mass is 330 g/mol. The minimum Gasteiger partial charge on any atom is -0.383 e. The molecule has 0 aliphatic carbocycles. The van der Waals surface area contributed by atoms with E-state index in [1.54, 1.807) is 25.2 Å². The minimum atomic E-state index is 0.0250. The molecule has 0 atom stereocenters. The van der Waals surface area contributed by atoms with Crippen LogP contribution in [0.15, 0.2) is 77.9 Å². The molecule has 0 fully saturated rings. The van der Waals surface area contributed by atoms with E-state index >= 15 is 0 Å². The molecule has 0 amide bonds. The van der Waals surface area contributed by atoms with E-state index in [1.807, 2.05) is 44.2 Å². The quantitative estimate of drug-likeness (QED) is 0.298. The summed E-state index contributed by atoms with van der Waals surface area (Å²) in [5.74, 6) is 0.297. The Balaban J connectivity index is 0. The zero-order valence-corrected chi connectivity index (χ0v) is 14.9. The van der Waals surface area contributed by atoms with Gasteiger partial charge < -0.3 is 16.9 Å². The van der Waals surface area contributed by atoms with Gasteiger partial charge in [-0.3, -0.25) is 0 Å². The Hall–Kier alpha value is -2.53. The Kier molecular flexibility index (Phi) is 14.3. The fourth-order valence-electron chi connectivity index (χ4n) is 1.12. The number of rotatable bonds is 6. The lowest BCUT2D eigenvalue weighted by Crippen LogP contribution is -2.18. The van der Waals surface area contributed by atoms with Crippen molar-refractivity contribution >= 4 is 28.9 Å². The van der Waals surface area contributed by atoms with Crippen LogP contribution in [0.25, 0.3) is 0 Å². The van der Waals surface area contributed by atoms with Crippen molar-refractivity contribution in [3.63, 3.8) is 0 Å². The summed E-state index contributed by atoms with van der Waals surface area (Å²) in [6, 6.07) is 0. The van der Waals surface area contributed by atoms with Crippen LogP contribution in [-0.2, 0) is 0 Å². The maximum atomic E-state index is 7.16. The number of amidine groups is 1. The molecule has 0 saturated heterocycles. The molecule has 0 rings (SSSR count). The molecule has 0 aromatic rings. The third kappa shape index (κ3) is 14.2. The average Bonchev–Trinajstić information content (AvgIpc) is 2.47. The second-order valence-electron chi connectivity index (χ2n) is 4.23. The normalized spacial score (nSPS) is 12.3. The van der Waals surface area contributed by atoms with Gasteiger partial charge in [-0.25, -0.2) is 4.99 Å². The maximum absolute atomic E-state index is 7.16. The molecular weight excluding hydrogens is 304 g/mol. The molecule has 0 radical (unpaired) electrons. The third-order valence-electron chi connectivity index (χ3n) is 2.25. The predicted octanol–water partition coefficient (Wildman–Crippen LogP) is 3.99. The van der Waals surface area contributed by atoms with Crippen molar-refractivity contribution < 1.29 is 0 Å². The van der Waals surface area contributed by atoms with Gasteiger partial charge in [-0.05, 0) is 38.6 Å². The molecule has 5 N–H and O–H groups in total. The number of allylic oxidation sites excluding steroid dienone is 8. The molecule has 4 nitrogen and oxygen atoms in total. The highest BCUT2D eigenvalue weighted by Crippen LogP contribution is 1.98. The molecule has 0 saturated carbocycles. The summed E-state index contributed by atoms with van der Waals surface area (Å²) >= 11 is 4.59. The highest BCUT2D eigenvalue weighted by atomic mass is 32.1. The molecule has 0 aromatic carbocycles. The summed E-state index contributed by atoms with van der Waals surface area (Å²) in [6.07, 6.45) is 14.5. The SMILES string of the molecule is C=C(/C=C\C=C/C)C(C)=N.C=C/C=C(\C=C/C)C(/N)=N/C(N)=S. The van der Waals surface area contributed by atoms with Crippen LogP contribution in [-0.4, -0.2) is 16.7 Å². The van der Waals surface area contributed by atoms with E-state index in [1.165, 1.54) is 0 Å². The van der Waals surface area contributed by atoms with E-state index in [2.05, 4.69) is 30.4 Å². The molecule has 23 heavy (non-hydrogen) atoms. The summed E-state index contributed by atoms with van der Waals surface area (Å²) in [5.41, 5.74) is 12.8. The standard InChI is InChI=1S/C9H13N3S.C9H13N/c1-3-5-7(6-4-2)8(10)12-9(11)13;1-4-5-6-7-8(2)9(3)10/h3-6H,1H2,2H3,(H4,10,11,12,13);4-7,10H,2H2,1,3H3/b6-4-,7-5+;5-4-,7-6-,10-9?. The first kappa shape index (κ1) is 22.7. The Labute approximate surface area is 144 Å². The lowest BCUT2D eigenvalue weighted by Gasteiger charge is -1.99. The highest BCUT2D eigenvalue weighted by molar-refractivity contribution is 7.80. The Morgan fingerprint density at radius 2 is 1.74 bits per heavy atom. The van der Waals surface area contributed by atoms with E-state index in [0.29, 0.717) is 11.5 Å². The number of aliphatic imine (C=N–C) groups is 1. The average molecular weight is 331 g/mol. The molecular formula is C18H26N4S. The zero-order valence-electron chi connectivity index (χ0n) is 14.0. The van der Waals surface area contributed by atoms with E-state index in [4.69, 9.17) is 16.9 Å².